The van der Waals surface area contributed by atoms with Gasteiger partial charge in [-0.15, -0.1) is 12.4 Å². The van der Waals surface area contributed by atoms with Crippen molar-refractivity contribution in [2.75, 3.05) is 26.2 Å². The highest BCUT2D eigenvalue weighted by Crippen LogP contribution is 2.39. The van der Waals surface area contributed by atoms with Crippen LogP contribution in [0.15, 0.2) is 17.0 Å². The molecule has 2 aliphatic heterocycles. The van der Waals surface area contributed by atoms with Crippen LogP contribution in [0.3, 0.4) is 0 Å². The number of nitrogens with one attached hydrogen (secondary N) is 1. The second kappa shape index (κ2) is 6.76. The van der Waals surface area contributed by atoms with Crippen LogP contribution in [0.2, 0.25) is 5.02 Å². The van der Waals surface area contributed by atoms with E-state index in [0.29, 0.717) is 13.1 Å². The Labute approximate surface area is 152 Å². The summed E-state index contributed by atoms with van der Waals surface area (Å²) in [7, 11) is -3.78. The van der Waals surface area contributed by atoms with Gasteiger partial charge in [0.15, 0.2) is 0 Å². The van der Waals surface area contributed by atoms with Crippen LogP contribution in [-0.2, 0) is 10.0 Å². The van der Waals surface area contributed by atoms with E-state index in [1.54, 1.807) is 0 Å². The summed E-state index contributed by atoms with van der Waals surface area (Å²) >= 11 is 6.00. The molecule has 2 saturated heterocycles. The molecule has 3 rings (SSSR count). The fraction of sp³-hybridized carbons (Fsp3) is 0.571. The molecule has 1 aromatic carbocycles. The van der Waals surface area contributed by atoms with E-state index in [4.69, 9.17) is 11.6 Å². The maximum Gasteiger partial charge on any atom is 0.275 e. The molecule has 2 heterocycles. The van der Waals surface area contributed by atoms with E-state index in [0.717, 1.165) is 32.0 Å². The summed E-state index contributed by atoms with van der Waals surface area (Å²) < 4.78 is 27.1. The number of nitro benzene ring substituents is 1. The van der Waals surface area contributed by atoms with Crippen molar-refractivity contribution in [1.82, 2.24) is 9.62 Å². The lowest BCUT2D eigenvalue weighted by atomic mass is 9.87. The molecule has 1 atom stereocenters. The molecule has 10 heteroatoms. The lowest BCUT2D eigenvalue weighted by Crippen LogP contribution is -2.33. The third kappa shape index (κ3) is 3.25. The maximum absolute atomic E-state index is 12.8. The second-order valence-corrected chi connectivity index (χ2v) is 8.67. The van der Waals surface area contributed by atoms with Gasteiger partial charge in [-0.25, -0.2) is 8.42 Å². The molecule has 2 aliphatic rings. The first-order valence-electron chi connectivity index (χ1n) is 7.41. The fourth-order valence-electron chi connectivity index (χ4n) is 3.37. The summed E-state index contributed by atoms with van der Waals surface area (Å²) in [6.45, 7) is 4.10. The van der Waals surface area contributed by atoms with Gasteiger partial charge in [0, 0.05) is 31.3 Å². The van der Waals surface area contributed by atoms with Gasteiger partial charge in [0.2, 0.25) is 10.0 Å². The lowest BCUT2D eigenvalue weighted by Gasteiger charge is -2.22. The molecule has 0 bridgehead atoms. The standard InChI is InChI=1S/C14H18ClN3O4S.ClH/c1-10-12(15)6-11(7-13(10)18(19)20)23(21,22)17-5-3-14(9-17)2-4-16-8-14;/h6-7,16H,2-5,8-9H2,1H3;1H. The number of nitro groups is 1. The van der Waals surface area contributed by atoms with E-state index in [9.17, 15) is 18.5 Å². The second-order valence-electron chi connectivity index (χ2n) is 6.32. The normalized spacial score (nSPS) is 24.2. The highest BCUT2D eigenvalue weighted by molar-refractivity contribution is 7.89. The van der Waals surface area contributed by atoms with Crippen LogP contribution < -0.4 is 5.32 Å². The van der Waals surface area contributed by atoms with Crippen molar-refractivity contribution in [3.8, 4) is 0 Å². The first-order chi connectivity index (χ1) is 10.8. The third-order valence-corrected chi connectivity index (χ3v) is 7.08. The number of hydrogen-bond donors (Lipinski definition) is 1. The van der Waals surface area contributed by atoms with Gasteiger partial charge in [0.1, 0.15) is 0 Å². The average molecular weight is 396 g/mol. The molecule has 1 aromatic rings. The molecule has 1 N–H and O–H groups in total. The fourth-order valence-corrected chi connectivity index (χ4v) is 5.25. The molecule has 0 radical (unpaired) electrons. The van der Waals surface area contributed by atoms with Crippen molar-refractivity contribution < 1.29 is 13.3 Å². The topological polar surface area (TPSA) is 92.6 Å². The predicted molar refractivity (Wildman–Crippen MR) is 93.4 cm³/mol. The minimum Gasteiger partial charge on any atom is -0.316 e. The Morgan fingerprint density at radius 3 is 2.67 bits per heavy atom. The minimum atomic E-state index is -3.78. The summed E-state index contributed by atoms with van der Waals surface area (Å²) in [6, 6.07) is 2.41. The van der Waals surface area contributed by atoms with Crippen molar-refractivity contribution in [3.05, 3.63) is 32.8 Å². The molecule has 24 heavy (non-hydrogen) atoms. The van der Waals surface area contributed by atoms with Gasteiger partial charge in [-0.3, -0.25) is 10.1 Å². The summed E-state index contributed by atoms with van der Waals surface area (Å²) in [5.74, 6) is 0. The molecule has 1 spiro atoms. The third-order valence-electron chi connectivity index (χ3n) is 4.86. The summed E-state index contributed by atoms with van der Waals surface area (Å²) in [5.41, 5.74) is -0.00551. The number of nitrogens with zero attached hydrogens (tertiary/aromatic N) is 2. The lowest BCUT2D eigenvalue weighted by molar-refractivity contribution is -0.385. The molecule has 134 valence electrons. The van der Waals surface area contributed by atoms with Gasteiger partial charge in [0.05, 0.1) is 14.8 Å². The van der Waals surface area contributed by atoms with E-state index in [-0.39, 0.29) is 39.0 Å². The van der Waals surface area contributed by atoms with Crippen LogP contribution in [0.4, 0.5) is 5.69 Å². The molecule has 0 aliphatic carbocycles. The molecule has 0 amide bonds. The number of rotatable bonds is 3. The largest absolute Gasteiger partial charge is 0.316 e. The van der Waals surface area contributed by atoms with Gasteiger partial charge in [-0.2, -0.15) is 4.31 Å². The zero-order chi connectivity index (χ0) is 16.8. The monoisotopic (exact) mass is 395 g/mol. The first kappa shape index (κ1) is 19.4. The molecule has 1 unspecified atom stereocenters. The van der Waals surface area contributed by atoms with E-state index < -0.39 is 14.9 Å². The zero-order valence-corrected chi connectivity index (χ0v) is 15.5. The van der Waals surface area contributed by atoms with E-state index in [2.05, 4.69) is 5.32 Å². The van der Waals surface area contributed by atoms with Crippen molar-refractivity contribution in [2.24, 2.45) is 5.41 Å². The maximum atomic E-state index is 12.8. The molecule has 0 saturated carbocycles. The number of hydrogen-bond acceptors (Lipinski definition) is 5. The van der Waals surface area contributed by atoms with Crippen LogP contribution >= 0.6 is 24.0 Å². The Balaban J connectivity index is 0.00000208. The molecule has 0 aromatic heterocycles. The first-order valence-corrected chi connectivity index (χ1v) is 9.22. The number of halogens is 2. The van der Waals surface area contributed by atoms with Crippen LogP contribution in [0.25, 0.3) is 0 Å². The molecular formula is C14H19Cl2N3O4S. The Morgan fingerprint density at radius 1 is 1.38 bits per heavy atom. The van der Waals surface area contributed by atoms with Crippen molar-refractivity contribution >= 4 is 39.7 Å². The average Bonchev–Trinajstić information content (AvgIpc) is 3.12. The quantitative estimate of drug-likeness (QED) is 0.626. The summed E-state index contributed by atoms with van der Waals surface area (Å²) in [6.07, 6.45) is 1.76. The molecule has 2 fully saturated rings. The van der Waals surface area contributed by atoms with Crippen LogP contribution in [-0.4, -0.2) is 43.8 Å². The van der Waals surface area contributed by atoms with Crippen LogP contribution in [0, 0.1) is 22.5 Å². The smallest absolute Gasteiger partial charge is 0.275 e. The Morgan fingerprint density at radius 2 is 2.08 bits per heavy atom. The van der Waals surface area contributed by atoms with Crippen molar-refractivity contribution in [1.29, 1.82) is 0 Å². The van der Waals surface area contributed by atoms with Crippen molar-refractivity contribution in [2.45, 2.75) is 24.7 Å². The predicted octanol–water partition coefficient (Wildman–Crippen LogP) is 2.35. The Bertz CT molecular complexity index is 764. The van der Waals surface area contributed by atoms with Gasteiger partial charge >= 0.3 is 0 Å². The van der Waals surface area contributed by atoms with E-state index >= 15 is 0 Å². The zero-order valence-electron chi connectivity index (χ0n) is 13.1. The Kier molecular flexibility index (Phi) is 5.46. The van der Waals surface area contributed by atoms with Gasteiger partial charge in [-0.1, -0.05) is 11.6 Å². The highest BCUT2D eigenvalue weighted by atomic mass is 35.5. The van der Waals surface area contributed by atoms with Crippen LogP contribution in [0.5, 0.6) is 0 Å². The van der Waals surface area contributed by atoms with Gasteiger partial charge in [0.25, 0.3) is 5.69 Å². The summed E-state index contributed by atoms with van der Waals surface area (Å²) in [5, 5.41) is 14.5. The molecular weight excluding hydrogens is 377 g/mol. The highest BCUT2D eigenvalue weighted by Gasteiger charge is 2.44. The van der Waals surface area contributed by atoms with E-state index in [1.165, 1.54) is 17.3 Å². The van der Waals surface area contributed by atoms with Gasteiger partial charge < -0.3 is 5.32 Å². The number of benzene rings is 1. The Hall–Kier alpha value is -0.930. The van der Waals surface area contributed by atoms with Crippen molar-refractivity contribution in [3.63, 3.8) is 0 Å². The SMILES string of the molecule is Cc1c(Cl)cc(S(=O)(=O)N2CCC3(CCNC3)C2)cc1[N+](=O)[O-].Cl. The van der Waals surface area contributed by atoms with Crippen LogP contribution in [0.1, 0.15) is 18.4 Å². The number of sulfonamides is 1. The van der Waals surface area contributed by atoms with E-state index in [1.807, 2.05) is 0 Å². The molecule has 7 nitrogen and oxygen atoms in total. The minimum absolute atomic E-state index is 0. The summed E-state index contributed by atoms with van der Waals surface area (Å²) in [4.78, 5) is 10.4. The van der Waals surface area contributed by atoms with Gasteiger partial charge in [-0.05, 0) is 37.8 Å².